The van der Waals surface area contributed by atoms with Gasteiger partial charge in [0.2, 0.25) is 11.8 Å². The molecule has 1 aliphatic heterocycles. The van der Waals surface area contributed by atoms with Crippen molar-refractivity contribution in [3.8, 4) is 11.1 Å². The number of fused-ring (bicyclic) bond motifs is 1. The van der Waals surface area contributed by atoms with Crippen LogP contribution in [0.3, 0.4) is 0 Å². The molecule has 3 nitrogen and oxygen atoms in total. The highest BCUT2D eigenvalue weighted by molar-refractivity contribution is 6.01. The van der Waals surface area contributed by atoms with Gasteiger partial charge in [0.1, 0.15) is 0 Å². The van der Waals surface area contributed by atoms with Crippen molar-refractivity contribution in [2.24, 2.45) is 0 Å². The lowest BCUT2D eigenvalue weighted by molar-refractivity contribution is -0.124. The molecule has 0 spiro atoms. The first-order valence-corrected chi connectivity index (χ1v) is 4.19. The summed E-state index contributed by atoms with van der Waals surface area (Å²) in [7, 11) is 0. The molecule has 3 heteroatoms. The number of carbonyl (C=O) groups is 2. The van der Waals surface area contributed by atoms with Crippen molar-refractivity contribution < 1.29 is 9.59 Å². The quantitative estimate of drug-likeness (QED) is 0.609. The molecule has 0 radical (unpaired) electrons. The molecule has 1 saturated heterocycles. The third kappa shape index (κ3) is 1.93. The van der Waals surface area contributed by atoms with Gasteiger partial charge in [-0.15, -0.1) is 0 Å². The maximum Gasteiger partial charge on any atom is 0.227 e. The minimum atomic E-state index is -0.148. The fraction of sp³-hybridized carbons (Fsp3) is 0.200. The van der Waals surface area contributed by atoms with Gasteiger partial charge >= 0.3 is 0 Å². The molecule has 0 aromatic heterocycles. The van der Waals surface area contributed by atoms with Gasteiger partial charge in [0.05, 0.1) is 0 Å². The Morgan fingerprint density at radius 1 is 1.00 bits per heavy atom. The summed E-state index contributed by atoms with van der Waals surface area (Å²) in [6.45, 7) is 0. The van der Waals surface area contributed by atoms with E-state index in [1.54, 1.807) is 0 Å². The van der Waals surface area contributed by atoms with Gasteiger partial charge in [0.15, 0.2) is 0 Å². The molecular formula is C10H9NO2. The Labute approximate surface area is 75.8 Å². The zero-order chi connectivity index (χ0) is 9.26. The number of nitrogens with one attached hydrogen (secondary N) is 1. The lowest BCUT2D eigenvalue weighted by Crippen LogP contribution is -2.18. The molecular weight excluding hydrogens is 166 g/mol. The summed E-state index contributed by atoms with van der Waals surface area (Å²) in [5.74, 6) is -0.296. The van der Waals surface area contributed by atoms with Crippen LogP contribution in [0.1, 0.15) is 12.8 Å². The molecule has 2 aliphatic carbocycles. The van der Waals surface area contributed by atoms with Crippen LogP contribution in [0.4, 0.5) is 0 Å². The monoisotopic (exact) mass is 175 g/mol. The molecule has 3 rings (SSSR count). The molecule has 0 unspecified atom stereocenters. The maximum absolute atomic E-state index is 10.1. The molecule has 0 atom stereocenters. The minimum Gasteiger partial charge on any atom is -0.296 e. The minimum absolute atomic E-state index is 0.148. The molecule has 13 heavy (non-hydrogen) atoms. The Morgan fingerprint density at radius 2 is 1.54 bits per heavy atom. The SMILES string of the molecule is O=C1CCC(=O)N1.c1cc2cc-2c1. The van der Waals surface area contributed by atoms with Crippen molar-refractivity contribution in [3.63, 3.8) is 0 Å². The standard InChI is InChI=1S/C6H4.C4H5NO2/c1-2-5-4-6(5)3-1;6-3-1-2-4(7)5-3/h1-4H;1-2H2,(H,5,6,7). The number of benzene rings is 1. The van der Waals surface area contributed by atoms with Crippen LogP contribution in [0.5, 0.6) is 0 Å². The number of amides is 2. The first-order chi connectivity index (χ1) is 6.25. The van der Waals surface area contributed by atoms with Crippen molar-refractivity contribution in [1.82, 2.24) is 5.32 Å². The summed E-state index contributed by atoms with van der Waals surface area (Å²) in [6.07, 6.45) is 0.748. The third-order valence-corrected chi connectivity index (χ3v) is 1.97. The first-order valence-electron chi connectivity index (χ1n) is 4.19. The van der Waals surface area contributed by atoms with Crippen LogP contribution in [0.2, 0.25) is 0 Å². The second-order valence-electron chi connectivity index (χ2n) is 3.05. The van der Waals surface area contributed by atoms with Gasteiger partial charge in [-0.05, 0) is 17.2 Å². The van der Waals surface area contributed by atoms with Crippen LogP contribution >= 0.6 is 0 Å². The first kappa shape index (κ1) is 7.98. The van der Waals surface area contributed by atoms with Crippen LogP contribution < -0.4 is 5.32 Å². The van der Waals surface area contributed by atoms with Gasteiger partial charge < -0.3 is 0 Å². The van der Waals surface area contributed by atoms with E-state index in [1.165, 1.54) is 11.1 Å². The van der Waals surface area contributed by atoms with Crippen molar-refractivity contribution in [3.05, 3.63) is 24.3 Å². The van der Waals surface area contributed by atoms with E-state index in [4.69, 9.17) is 0 Å². The van der Waals surface area contributed by atoms with E-state index in [9.17, 15) is 9.59 Å². The van der Waals surface area contributed by atoms with E-state index >= 15 is 0 Å². The van der Waals surface area contributed by atoms with Gasteiger partial charge in [-0.2, -0.15) is 0 Å². The van der Waals surface area contributed by atoms with Crippen LogP contribution in [-0.4, -0.2) is 11.8 Å². The summed E-state index contributed by atoms with van der Waals surface area (Å²) < 4.78 is 0. The van der Waals surface area contributed by atoms with Crippen LogP contribution in [-0.2, 0) is 9.59 Å². The normalized spacial score (nSPS) is 16.0. The smallest absolute Gasteiger partial charge is 0.227 e. The Hall–Kier alpha value is -1.64. The zero-order valence-electron chi connectivity index (χ0n) is 7.04. The molecule has 0 aromatic carbocycles. The fourth-order valence-electron chi connectivity index (χ4n) is 1.18. The molecule has 0 bridgehead atoms. The Balaban J connectivity index is 0.000000101. The highest BCUT2D eigenvalue weighted by Gasteiger charge is 2.15. The van der Waals surface area contributed by atoms with Gasteiger partial charge in [-0.25, -0.2) is 0 Å². The predicted octanol–water partition coefficient (Wildman–Crippen LogP) is 1.09. The van der Waals surface area contributed by atoms with E-state index in [1.807, 2.05) is 0 Å². The van der Waals surface area contributed by atoms with E-state index in [2.05, 4.69) is 29.6 Å². The van der Waals surface area contributed by atoms with Crippen LogP contribution in [0.25, 0.3) is 11.1 Å². The average molecular weight is 175 g/mol. The fourth-order valence-corrected chi connectivity index (χ4v) is 1.18. The van der Waals surface area contributed by atoms with Crippen LogP contribution in [0.15, 0.2) is 24.3 Å². The molecule has 3 aliphatic rings. The van der Waals surface area contributed by atoms with E-state index in [0.29, 0.717) is 12.8 Å². The molecule has 2 amide bonds. The van der Waals surface area contributed by atoms with Crippen LogP contribution in [0, 0.1) is 0 Å². The number of carbonyl (C=O) groups excluding carboxylic acids is 2. The number of hydrogen-bond acceptors (Lipinski definition) is 2. The molecule has 0 aromatic rings. The Bertz CT molecular complexity index is 340. The van der Waals surface area contributed by atoms with E-state index < -0.39 is 0 Å². The Kier molecular flexibility index (Phi) is 1.85. The van der Waals surface area contributed by atoms with Gasteiger partial charge in [-0.1, -0.05) is 18.2 Å². The average Bonchev–Trinajstić information content (AvgIpc) is 2.53. The van der Waals surface area contributed by atoms with Gasteiger partial charge in [-0.3, -0.25) is 14.9 Å². The lowest BCUT2D eigenvalue weighted by Gasteiger charge is -1.79. The van der Waals surface area contributed by atoms with Gasteiger partial charge in [0.25, 0.3) is 0 Å². The Morgan fingerprint density at radius 3 is 1.69 bits per heavy atom. The predicted molar refractivity (Wildman–Crippen MR) is 47.8 cm³/mol. The third-order valence-electron chi connectivity index (χ3n) is 1.97. The highest BCUT2D eigenvalue weighted by atomic mass is 16.2. The lowest BCUT2D eigenvalue weighted by atomic mass is 10.4. The summed E-state index contributed by atoms with van der Waals surface area (Å²) in [6, 6.07) is 8.48. The highest BCUT2D eigenvalue weighted by Crippen LogP contribution is 2.32. The van der Waals surface area contributed by atoms with Crippen molar-refractivity contribution >= 4 is 11.8 Å². The van der Waals surface area contributed by atoms with E-state index in [-0.39, 0.29) is 11.8 Å². The maximum atomic E-state index is 10.1. The summed E-state index contributed by atoms with van der Waals surface area (Å²) in [5, 5.41) is 2.14. The molecule has 1 N–H and O–H groups in total. The van der Waals surface area contributed by atoms with Crippen molar-refractivity contribution in [2.45, 2.75) is 12.8 Å². The molecule has 0 saturated carbocycles. The second-order valence-corrected chi connectivity index (χ2v) is 3.05. The molecule has 1 fully saturated rings. The zero-order valence-corrected chi connectivity index (χ0v) is 7.04. The molecule has 66 valence electrons. The summed E-state index contributed by atoms with van der Waals surface area (Å²) >= 11 is 0. The van der Waals surface area contributed by atoms with Crippen molar-refractivity contribution in [1.29, 1.82) is 0 Å². The van der Waals surface area contributed by atoms with Gasteiger partial charge in [0, 0.05) is 12.8 Å². The largest absolute Gasteiger partial charge is 0.296 e. The van der Waals surface area contributed by atoms with Crippen molar-refractivity contribution in [2.75, 3.05) is 0 Å². The second kappa shape index (κ2) is 3.01. The van der Waals surface area contributed by atoms with E-state index in [0.717, 1.165) is 0 Å². The number of hydrogen-bond donors (Lipinski definition) is 1. The number of imide groups is 1. The summed E-state index contributed by atoms with van der Waals surface area (Å²) in [5.41, 5.74) is 2.85. The molecule has 1 heterocycles. The topological polar surface area (TPSA) is 46.2 Å². The number of rotatable bonds is 0. The summed E-state index contributed by atoms with van der Waals surface area (Å²) in [4.78, 5) is 20.2.